The second kappa shape index (κ2) is 3.95. The van der Waals surface area contributed by atoms with Crippen molar-refractivity contribution in [2.24, 2.45) is 0 Å². The molecule has 0 atom stereocenters. The van der Waals surface area contributed by atoms with E-state index >= 15 is 0 Å². The van der Waals surface area contributed by atoms with Gasteiger partial charge in [-0.3, -0.25) is 0 Å². The van der Waals surface area contributed by atoms with Crippen LogP contribution in [0.1, 0.15) is 5.69 Å². The van der Waals surface area contributed by atoms with Gasteiger partial charge in [0, 0.05) is 11.3 Å². The molecule has 0 bridgehead atoms. The Balaban J connectivity index is 2.41. The quantitative estimate of drug-likeness (QED) is 0.848. The minimum atomic E-state index is 0.415. The predicted molar refractivity (Wildman–Crippen MR) is 60.3 cm³/mol. The van der Waals surface area contributed by atoms with Crippen molar-refractivity contribution in [2.75, 3.05) is 7.11 Å². The van der Waals surface area contributed by atoms with Gasteiger partial charge >= 0.3 is 0 Å². The summed E-state index contributed by atoms with van der Waals surface area (Å²) in [5, 5.41) is 0.415. The Labute approximate surface area is 93.1 Å². The molecule has 1 aromatic heterocycles. The van der Waals surface area contributed by atoms with Gasteiger partial charge in [-0.1, -0.05) is 0 Å². The summed E-state index contributed by atoms with van der Waals surface area (Å²) in [6.07, 6.45) is 0. The van der Waals surface area contributed by atoms with E-state index in [0.29, 0.717) is 5.28 Å². The number of nitrogens with zero attached hydrogens (tertiary/aromatic N) is 1. The topological polar surface area (TPSA) is 37.9 Å². The van der Waals surface area contributed by atoms with E-state index in [1.807, 2.05) is 31.2 Å². The zero-order chi connectivity index (χ0) is 10.8. The Hall–Kier alpha value is -1.48. The molecule has 0 unspecified atom stereocenters. The van der Waals surface area contributed by atoms with E-state index in [9.17, 15) is 0 Å². The number of imidazole rings is 1. The second-order valence-electron chi connectivity index (χ2n) is 3.23. The first-order chi connectivity index (χ1) is 7.20. The number of methoxy groups -OCH3 is 1. The lowest BCUT2D eigenvalue weighted by molar-refractivity contribution is 0.415. The highest BCUT2D eigenvalue weighted by atomic mass is 35.5. The summed E-state index contributed by atoms with van der Waals surface area (Å²) in [6, 6.07) is 7.71. The Morgan fingerprint density at radius 2 is 1.93 bits per heavy atom. The molecule has 0 radical (unpaired) electrons. The van der Waals surface area contributed by atoms with Gasteiger partial charge in [0.05, 0.1) is 12.8 Å². The first-order valence-corrected chi connectivity index (χ1v) is 4.95. The number of benzene rings is 1. The molecule has 0 fully saturated rings. The van der Waals surface area contributed by atoms with Crippen LogP contribution in [0.5, 0.6) is 5.75 Å². The van der Waals surface area contributed by atoms with Crippen LogP contribution in [0.25, 0.3) is 11.3 Å². The largest absolute Gasteiger partial charge is 0.497 e. The summed E-state index contributed by atoms with van der Waals surface area (Å²) in [5.74, 6) is 0.832. The molecule has 0 amide bonds. The molecule has 0 aliphatic rings. The summed E-state index contributed by atoms with van der Waals surface area (Å²) < 4.78 is 5.09. The molecule has 4 heteroatoms. The molecule has 1 aromatic carbocycles. The fourth-order valence-corrected chi connectivity index (χ4v) is 1.68. The molecule has 78 valence electrons. The SMILES string of the molecule is COc1ccc(-c2nc(Cl)[nH]c2C)cc1. The number of H-pyrrole nitrogens is 1. The number of hydrogen-bond acceptors (Lipinski definition) is 2. The zero-order valence-electron chi connectivity index (χ0n) is 8.54. The van der Waals surface area contributed by atoms with E-state index in [2.05, 4.69) is 9.97 Å². The molecule has 0 aliphatic carbocycles. The molecule has 2 rings (SSSR count). The van der Waals surface area contributed by atoms with Crippen molar-refractivity contribution in [3.8, 4) is 17.0 Å². The number of rotatable bonds is 2. The van der Waals surface area contributed by atoms with Gasteiger partial charge in [-0.25, -0.2) is 4.98 Å². The average molecular weight is 223 g/mol. The van der Waals surface area contributed by atoms with Crippen molar-refractivity contribution >= 4 is 11.6 Å². The van der Waals surface area contributed by atoms with E-state index in [1.165, 1.54) is 0 Å². The summed E-state index contributed by atoms with van der Waals surface area (Å²) in [6.45, 7) is 1.94. The number of ether oxygens (including phenoxy) is 1. The fraction of sp³-hybridized carbons (Fsp3) is 0.182. The maximum atomic E-state index is 5.78. The Kier molecular flexibility index (Phi) is 2.64. The first-order valence-electron chi connectivity index (χ1n) is 4.57. The molecule has 0 saturated carbocycles. The monoisotopic (exact) mass is 222 g/mol. The Morgan fingerprint density at radius 1 is 1.27 bits per heavy atom. The standard InChI is InChI=1S/C11H11ClN2O/c1-7-10(14-11(12)13-7)8-3-5-9(15-2)6-4-8/h3-6H,1-2H3,(H,13,14). The minimum absolute atomic E-state index is 0.415. The van der Waals surface area contributed by atoms with Gasteiger partial charge in [0.15, 0.2) is 0 Å². The lowest BCUT2D eigenvalue weighted by atomic mass is 10.1. The zero-order valence-corrected chi connectivity index (χ0v) is 9.30. The van der Waals surface area contributed by atoms with Crippen molar-refractivity contribution in [2.45, 2.75) is 6.92 Å². The summed E-state index contributed by atoms with van der Waals surface area (Å²) >= 11 is 5.78. The fourth-order valence-electron chi connectivity index (χ4n) is 1.45. The molecule has 15 heavy (non-hydrogen) atoms. The minimum Gasteiger partial charge on any atom is -0.497 e. The van der Waals surface area contributed by atoms with Gasteiger partial charge in [-0.15, -0.1) is 0 Å². The average Bonchev–Trinajstić information content (AvgIpc) is 2.58. The van der Waals surface area contributed by atoms with Crippen LogP contribution in [0.2, 0.25) is 5.28 Å². The summed E-state index contributed by atoms with van der Waals surface area (Å²) in [4.78, 5) is 7.16. The highest BCUT2D eigenvalue weighted by molar-refractivity contribution is 6.28. The van der Waals surface area contributed by atoms with Crippen molar-refractivity contribution in [3.05, 3.63) is 35.2 Å². The van der Waals surface area contributed by atoms with E-state index in [-0.39, 0.29) is 0 Å². The molecule has 0 spiro atoms. The molecule has 0 saturated heterocycles. The normalized spacial score (nSPS) is 10.3. The molecule has 1 heterocycles. The van der Waals surface area contributed by atoms with Gasteiger partial charge in [-0.2, -0.15) is 0 Å². The van der Waals surface area contributed by atoms with Crippen LogP contribution >= 0.6 is 11.6 Å². The van der Waals surface area contributed by atoms with E-state index in [4.69, 9.17) is 16.3 Å². The molecular formula is C11H11ClN2O. The van der Waals surface area contributed by atoms with Crippen molar-refractivity contribution in [1.82, 2.24) is 9.97 Å². The first kappa shape index (κ1) is 10.1. The number of aromatic amines is 1. The highest BCUT2D eigenvalue weighted by Gasteiger charge is 2.07. The number of hydrogen-bond donors (Lipinski definition) is 1. The van der Waals surface area contributed by atoms with E-state index < -0.39 is 0 Å². The molecule has 0 aliphatic heterocycles. The van der Waals surface area contributed by atoms with Gasteiger partial charge in [0.1, 0.15) is 5.75 Å². The van der Waals surface area contributed by atoms with Crippen LogP contribution in [-0.2, 0) is 0 Å². The van der Waals surface area contributed by atoms with Gasteiger partial charge in [0.25, 0.3) is 0 Å². The van der Waals surface area contributed by atoms with Crippen LogP contribution in [0.4, 0.5) is 0 Å². The Morgan fingerprint density at radius 3 is 2.40 bits per heavy atom. The molecule has 3 nitrogen and oxygen atoms in total. The van der Waals surface area contributed by atoms with Crippen molar-refractivity contribution in [3.63, 3.8) is 0 Å². The lowest BCUT2D eigenvalue weighted by Gasteiger charge is -2.01. The van der Waals surface area contributed by atoms with Crippen LogP contribution in [0, 0.1) is 6.92 Å². The van der Waals surface area contributed by atoms with Gasteiger partial charge in [0.2, 0.25) is 5.28 Å². The van der Waals surface area contributed by atoms with E-state index in [1.54, 1.807) is 7.11 Å². The lowest BCUT2D eigenvalue weighted by Crippen LogP contribution is -1.84. The van der Waals surface area contributed by atoms with Gasteiger partial charge in [-0.05, 0) is 42.8 Å². The number of aromatic nitrogens is 2. The summed E-state index contributed by atoms with van der Waals surface area (Å²) in [5.41, 5.74) is 2.87. The molecule has 1 N–H and O–H groups in total. The maximum absolute atomic E-state index is 5.78. The predicted octanol–water partition coefficient (Wildman–Crippen LogP) is 3.05. The highest BCUT2D eigenvalue weighted by Crippen LogP contribution is 2.24. The number of aryl methyl sites for hydroxylation is 1. The third kappa shape index (κ3) is 1.97. The Bertz CT molecular complexity index is 462. The van der Waals surface area contributed by atoms with Crippen LogP contribution in [-0.4, -0.2) is 17.1 Å². The third-order valence-corrected chi connectivity index (χ3v) is 2.40. The van der Waals surface area contributed by atoms with Crippen molar-refractivity contribution < 1.29 is 4.74 Å². The number of nitrogens with one attached hydrogen (secondary N) is 1. The maximum Gasteiger partial charge on any atom is 0.200 e. The number of halogens is 1. The van der Waals surface area contributed by atoms with Crippen LogP contribution in [0.15, 0.2) is 24.3 Å². The third-order valence-electron chi connectivity index (χ3n) is 2.22. The summed E-state index contributed by atoms with van der Waals surface area (Å²) in [7, 11) is 1.64. The van der Waals surface area contributed by atoms with Crippen LogP contribution < -0.4 is 4.74 Å². The second-order valence-corrected chi connectivity index (χ2v) is 3.59. The van der Waals surface area contributed by atoms with E-state index in [0.717, 1.165) is 22.7 Å². The van der Waals surface area contributed by atoms with Crippen molar-refractivity contribution in [1.29, 1.82) is 0 Å². The van der Waals surface area contributed by atoms with Crippen LogP contribution in [0.3, 0.4) is 0 Å². The smallest absolute Gasteiger partial charge is 0.200 e. The molecular weight excluding hydrogens is 212 g/mol. The molecule has 2 aromatic rings. The van der Waals surface area contributed by atoms with Gasteiger partial charge < -0.3 is 9.72 Å².